The highest BCUT2D eigenvalue weighted by molar-refractivity contribution is 9.11. The summed E-state index contributed by atoms with van der Waals surface area (Å²) < 4.78 is 3.76. The molecule has 1 heterocycles. The van der Waals surface area contributed by atoms with Gasteiger partial charge in [-0.2, -0.15) is 0 Å². The molecule has 0 N–H and O–H groups in total. The van der Waals surface area contributed by atoms with Crippen LogP contribution in [-0.4, -0.2) is 9.85 Å². The van der Waals surface area contributed by atoms with E-state index in [9.17, 15) is 20.2 Å². The molecule has 0 saturated carbocycles. The van der Waals surface area contributed by atoms with Crippen LogP contribution < -0.4 is 9.80 Å². The first-order chi connectivity index (χ1) is 25.6. The van der Waals surface area contributed by atoms with Crippen molar-refractivity contribution in [1.29, 1.82) is 0 Å². The zero-order valence-corrected chi connectivity index (χ0v) is 34.4. The molecule has 0 spiro atoms. The summed E-state index contributed by atoms with van der Waals surface area (Å²) in [4.78, 5) is 28.3. The summed E-state index contributed by atoms with van der Waals surface area (Å²) in [5.74, 6) is 0. The van der Waals surface area contributed by atoms with Crippen molar-refractivity contribution in [2.75, 3.05) is 9.80 Å². The van der Waals surface area contributed by atoms with Gasteiger partial charge in [-0.15, -0.1) is 11.3 Å². The Labute approximate surface area is 342 Å². The molecule has 0 amide bonds. The van der Waals surface area contributed by atoms with E-state index < -0.39 is 21.2 Å². The molecule has 0 aliphatic heterocycles. The Morgan fingerprint density at radius 1 is 0.377 bits per heavy atom. The molecule has 0 radical (unpaired) electrons. The zero-order valence-electron chi connectivity index (χ0n) is 27.2. The number of hydrogen-bond acceptors (Lipinski definition) is 7. The Hall–Kier alpha value is -4.66. The molecule has 8 nitrogen and oxygen atoms in total. The van der Waals surface area contributed by atoms with E-state index in [2.05, 4.69) is 73.5 Å². The van der Waals surface area contributed by atoms with Crippen molar-refractivity contribution in [2.24, 2.45) is 0 Å². The van der Waals surface area contributed by atoms with Gasteiger partial charge in [0.1, 0.15) is 9.75 Å². The molecule has 6 aromatic carbocycles. The lowest BCUT2D eigenvalue weighted by Gasteiger charge is -2.25. The van der Waals surface area contributed by atoms with Gasteiger partial charge in [-0.05, 0) is 132 Å². The van der Waals surface area contributed by atoms with Crippen LogP contribution in [0.3, 0.4) is 0 Å². The highest BCUT2D eigenvalue weighted by Crippen LogP contribution is 2.52. The van der Waals surface area contributed by atoms with Crippen LogP contribution in [0.4, 0.5) is 45.5 Å². The third-order valence-corrected chi connectivity index (χ3v) is 11.7. The summed E-state index contributed by atoms with van der Waals surface area (Å²) in [6, 6.07) is 46.1. The second kappa shape index (κ2) is 15.7. The highest BCUT2D eigenvalue weighted by Gasteiger charge is 2.38. The third kappa shape index (κ3) is 7.85. The molecule has 0 atom stereocenters. The van der Waals surface area contributed by atoms with Crippen molar-refractivity contribution in [3.8, 4) is 20.9 Å². The van der Waals surface area contributed by atoms with Gasteiger partial charge in [-0.25, -0.2) is 0 Å². The first-order valence-corrected chi connectivity index (χ1v) is 19.9. The number of anilines is 6. The van der Waals surface area contributed by atoms with Crippen molar-refractivity contribution < 1.29 is 9.85 Å². The maximum Gasteiger partial charge on any atom is 0.365 e. The quantitative estimate of drug-likeness (QED) is 0.100. The SMILES string of the molecule is O=[N+]([O-])c1c(-c2ccc(N(c3ccc(Br)cc3)c3ccc(Br)cc3)cc2)sc(-c2ccc(N(c3ccc(Br)cc3)c3ccc(Br)cc3)cc2)c1[N+](=O)[O-]. The van der Waals surface area contributed by atoms with Crippen molar-refractivity contribution in [3.05, 3.63) is 184 Å². The first-order valence-electron chi connectivity index (χ1n) is 15.9. The Bertz CT molecular complexity index is 2160. The first kappa shape index (κ1) is 36.7. The summed E-state index contributed by atoms with van der Waals surface area (Å²) >= 11 is 15.1. The Morgan fingerprint density at radius 3 is 0.792 bits per heavy atom. The maximum atomic E-state index is 12.5. The van der Waals surface area contributed by atoms with Gasteiger partial charge >= 0.3 is 11.4 Å². The Balaban J connectivity index is 1.28. The average Bonchev–Trinajstić information content (AvgIpc) is 3.57. The van der Waals surface area contributed by atoms with E-state index >= 15 is 0 Å². The van der Waals surface area contributed by atoms with Gasteiger partial charge in [0.05, 0.1) is 9.85 Å². The second-order valence-corrected chi connectivity index (χ2v) is 16.3. The standard InChI is InChI=1S/C40H24Br4N4O4S/c41-27-5-17-33(18-6-27)45(34-19-7-28(42)8-20-34)31-13-1-25(2-14-31)39-37(47(49)50)38(48(51)52)40(53-39)26-3-15-32(16-4-26)46(35-21-9-29(43)10-22-35)36-23-11-30(44)12-24-36/h1-24H. The molecule has 0 bridgehead atoms. The minimum atomic E-state index is -0.658. The Morgan fingerprint density at radius 2 is 0.585 bits per heavy atom. The van der Waals surface area contributed by atoms with Gasteiger partial charge in [0, 0.05) is 52.0 Å². The number of halogens is 4. The zero-order chi connectivity index (χ0) is 37.2. The van der Waals surface area contributed by atoms with Crippen LogP contribution in [0.5, 0.6) is 0 Å². The molecule has 0 aliphatic carbocycles. The summed E-state index contributed by atoms with van der Waals surface area (Å²) in [5.41, 5.74) is 5.19. The van der Waals surface area contributed by atoms with Gasteiger partial charge in [-0.3, -0.25) is 20.2 Å². The summed E-state index contributed by atoms with van der Waals surface area (Å²) in [6.45, 7) is 0. The van der Waals surface area contributed by atoms with Crippen molar-refractivity contribution in [1.82, 2.24) is 0 Å². The fourth-order valence-corrected chi connectivity index (χ4v) is 8.23. The monoisotopic (exact) mass is 972 g/mol. The molecule has 262 valence electrons. The van der Waals surface area contributed by atoms with Gasteiger partial charge in [-0.1, -0.05) is 88.0 Å². The van der Waals surface area contributed by atoms with E-state index in [0.717, 1.165) is 63.4 Å². The fraction of sp³-hybridized carbons (Fsp3) is 0. The molecule has 0 saturated heterocycles. The van der Waals surface area contributed by atoms with E-state index in [0.29, 0.717) is 11.1 Å². The summed E-state index contributed by atoms with van der Waals surface area (Å²) in [6.07, 6.45) is 0. The summed E-state index contributed by atoms with van der Waals surface area (Å²) in [7, 11) is 0. The van der Waals surface area contributed by atoms with Crippen LogP contribution in [0.1, 0.15) is 0 Å². The molecular formula is C40H24Br4N4O4S. The minimum Gasteiger partial charge on any atom is -0.311 e. The van der Waals surface area contributed by atoms with Crippen LogP contribution in [0.2, 0.25) is 0 Å². The predicted octanol–water partition coefficient (Wildman–Crippen LogP) is 14.9. The fourth-order valence-electron chi connectivity index (χ4n) is 5.92. The van der Waals surface area contributed by atoms with Gasteiger partial charge in [0.15, 0.2) is 0 Å². The van der Waals surface area contributed by atoms with Crippen LogP contribution in [-0.2, 0) is 0 Å². The van der Waals surface area contributed by atoms with Gasteiger partial charge < -0.3 is 9.80 Å². The van der Waals surface area contributed by atoms with Crippen molar-refractivity contribution in [2.45, 2.75) is 0 Å². The van der Waals surface area contributed by atoms with Crippen LogP contribution in [0.25, 0.3) is 20.9 Å². The number of benzene rings is 6. The molecule has 0 unspecified atom stereocenters. The largest absolute Gasteiger partial charge is 0.365 e. The van der Waals surface area contributed by atoms with Crippen LogP contribution >= 0.6 is 75.1 Å². The number of thiophene rings is 1. The number of nitro groups is 2. The van der Waals surface area contributed by atoms with Crippen molar-refractivity contribution in [3.63, 3.8) is 0 Å². The number of hydrogen-bond donors (Lipinski definition) is 0. The number of nitrogens with zero attached hydrogens (tertiary/aromatic N) is 4. The average molecular weight is 976 g/mol. The predicted molar refractivity (Wildman–Crippen MR) is 229 cm³/mol. The lowest BCUT2D eigenvalue weighted by Crippen LogP contribution is -2.09. The molecule has 1 aromatic heterocycles. The van der Waals surface area contributed by atoms with E-state index in [1.807, 2.05) is 121 Å². The molecule has 13 heteroatoms. The molecule has 7 rings (SSSR count). The molecular weight excluding hydrogens is 952 g/mol. The highest BCUT2D eigenvalue weighted by atomic mass is 79.9. The lowest BCUT2D eigenvalue weighted by atomic mass is 10.1. The van der Waals surface area contributed by atoms with Gasteiger partial charge in [0.25, 0.3) is 0 Å². The molecule has 0 fully saturated rings. The van der Waals surface area contributed by atoms with Crippen molar-refractivity contribution >= 4 is 121 Å². The molecule has 53 heavy (non-hydrogen) atoms. The van der Waals surface area contributed by atoms with E-state index in [4.69, 9.17) is 0 Å². The van der Waals surface area contributed by atoms with E-state index in [1.165, 1.54) is 0 Å². The molecule has 0 aliphatic rings. The minimum absolute atomic E-state index is 0.206. The molecule has 7 aromatic rings. The van der Waals surface area contributed by atoms with Gasteiger partial charge in [0.2, 0.25) is 0 Å². The van der Waals surface area contributed by atoms with E-state index in [-0.39, 0.29) is 9.75 Å². The summed E-state index contributed by atoms with van der Waals surface area (Å²) in [5, 5.41) is 25.1. The smallest absolute Gasteiger partial charge is 0.311 e. The maximum absolute atomic E-state index is 12.5. The Kier molecular flexibility index (Phi) is 10.9. The normalized spacial score (nSPS) is 10.9. The topological polar surface area (TPSA) is 92.8 Å². The van der Waals surface area contributed by atoms with Crippen LogP contribution in [0.15, 0.2) is 163 Å². The lowest BCUT2D eigenvalue weighted by molar-refractivity contribution is -0.420. The van der Waals surface area contributed by atoms with Crippen LogP contribution in [0, 0.1) is 20.2 Å². The number of rotatable bonds is 10. The van der Waals surface area contributed by atoms with E-state index in [1.54, 1.807) is 24.3 Å². The second-order valence-electron chi connectivity index (χ2n) is 11.6. The third-order valence-electron chi connectivity index (χ3n) is 8.34.